The Morgan fingerprint density at radius 3 is 0.786 bits per heavy atom. The van der Waals surface area contributed by atoms with Crippen molar-refractivity contribution in [2.24, 2.45) is 0 Å². The number of nitrogens with one attached hydrogen (secondary N) is 4. The second kappa shape index (κ2) is 27.9. The zero-order valence-electron chi connectivity index (χ0n) is 30.7. The molecule has 16 heteroatoms. The standard InChI is InChI=1S/2C20H24I2N2O2.2O.2Ti/c2*21-15-5-7-19(25)13(9-15)11-23-17-3-1-2-4-18(17)24-12-14-10-16(22)6-8-20(14)26;;;;/h2*5-10,17-18,23-26H,1-4,11-12H2;;;;/q;;2*-2;2*+4/p-4/t2*17-,18-;;;;/m11..../s1. The first-order valence-corrected chi connectivity index (χ1v) is 22.1. The first-order chi connectivity index (χ1) is 25.0. The van der Waals surface area contributed by atoms with E-state index in [1.54, 1.807) is 24.3 Å². The van der Waals surface area contributed by atoms with E-state index < -0.39 is 0 Å². The predicted octanol–water partition coefficient (Wildman–Crippen LogP) is 6.22. The molecule has 2 aliphatic carbocycles. The van der Waals surface area contributed by atoms with Crippen molar-refractivity contribution in [3.63, 3.8) is 0 Å². The van der Waals surface area contributed by atoms with Crippen molar-refractivity contribution in [1.82, 2.24) is 21.3 Å². The molecule has 0 saturated heterocycles. The molecule has 0 radical (unpaired) electrons. The van der Waals surface area contributed by atoms with Crippen molar-refractivity contribution in [1.29, 1.82) is 0 Å². The number of hydrogen-bond acceptors (Lipinski definition) is 8. The Hall–Kier alpha value is 0.189. The van der Waals surface area contributed by atoms with Gasteiger partial charge in [-0.1, -0.05) is 49.9 Å². The summed E-state index contributed by atoms with van der Waals surface area (Å²) in [6.07, 6.45) is 9.15. The fourth-order valence-corrected chi connectivity index (χ4v) is 9.17. The summed E-state index contributed by atoms with van der Waals surface area (Å²) in [5.74, 6) is 0.363. The van der Waals surface area contributed by atoms with Crippen LogP contribution in [-0.2, 0) is 80.6 Å². The van der Waals surface area contributed by atoms with E-state index in [-0.39, 0.29) is 77.4 Å². The monoisotopic (exact) mass is 1280 g/mol. The van der Waals surface area contributed by atoms with Crippen molar-refractivity contribution in [2.45, 2.75) is 102 Å². The summed E-state index contributed by atoms with van der Waals surface area (Å²) in [4.78, 5) is 0. The van der Waals surface area contributed by atoms with Crippen LogP contribution >= 0.6 is 90.4 Å². The van der Waals surface area contributed by atoms with Crippen molar-refractivity contribution in [2.75, 3.05) is 0 Å². The van der Waals surface area contributed by atoms with Gasteiger partial charge in [0.2, 0.25) is 0 Å². The van der Waals surface area contributed by atoms with Gasteiger partial charge in [0.1, 0.15) is 0 Å². The maximum Gasteiger partial charge on any atom is 4.00 e. The molecule has 4 aromatic carbocycles. The third-order valence-electron chi connectivity index (χ3n) is 9.84. The molecular formula is C40H44I4N4O6Ti2. The van der Waals surface area contributed by atoms with Gasteiger partial charge in [-0.25, -0.2) is 0 Å². The van der Waals surface area contributed by atoms with Gasteiger partial charge >= 0.3 is 43.4 Å². The van der Waals surface area contributed by atoms with Gasteiger partial charge < -0.3 is 52.6 Å². The van der Waals surface area contributed by atoms with E-state index in [2.05, 4.69) is 112 Å². The van der Waals surface area contributed by atoms with Crippen LogP contribution < -0.4 is 41.7 Å². The van der Waals surface area contributed by atoms with Crippen molar-refractivity contribution < 1.29 is 74.8 Å². The second-order valence-electron chi connectivity index (χ2n) is 13.5. The minimum Gasteiger partial charge on any atom is -2.00 e. The Kier molecular flexibility index (Phi) is 27.0. The zero-order valence-corrected chi connectivity index (χ0v) is 42.4. The molecule has 0 unspecified atom stereocenters. The van der Waals surface area contributed by atoms with Gasteiger partial charge in [0.15, 0.2) is 0 Å². The average molecular weight is 1280 g/mol. The fourth-order valence-electron chi connectivity index (χ4n) is 6.95. The molecule has 4 aromatic rings. The average Bonchev–Trinajstić information content (AvgIpc) is 3.14. The van der Waals surface area contributed by atoms with E-state index in [0.29, 0.717) is 50.3 Å². The second-order valence-corrected chi connectivity index (χ2v) is 18.5. The van der Waals surface area contributed by atoms with Crippen LogP contribution in [0.3, 0.4) is 0 Å². The van der Waals surface area contributed by atoms with E-state index >= 15 is 0 Å². The summed E-state index contributed by atoms with van der Waals surface area (Å²) in [7, 11) is 0. The molecule has 56 heavy (non-hydrogen) atoms. The van der Waals surface area contributed by atoms with Crippen LogP contribution in [0.4, 0.5) is 0 Å². The van der Waals surface area contributed by atoms with Gasteiger partial charge in [0.05, 0.1) is 0 Å². The van der Waals surface area contributed by atoms with Gasteiger partial charge in [0.25, 0.3) is 0 Å². The molecule has 2 saturated carbocycles. The van der Waals surface area contributed by atoms with Crippen LogP contribution in [0.5, 0.6) is 23.0 Å². The molecule has 4 atom stereocenters. The molecule has 6 rings (SSSR count). The number of benzene rings is 4. The Morgan fingerprint density at radius 2 is 0.589 bits per heavy atom. The van der Waals surface area contributed by atoms with Crippen LogP contribution in [0.2, 0.25) is 0 Å². The quantitative estimate of drug-likeness (QED) is 0.0947. The Morgan fingerprint density at radius 1 is 0.393 bits per heavy atom. The predicted molar refractivity (Wildman–Crippen MR) is 235 cm³/mol. The third-order valence-corrected chi connectivity index (χ3v) is 12.5. The summed E-state index contributed by atoms with van der Waals surface area (Å²) in [5.41, 5.74) is 3.28. The van der Waals surface area contributed by atoms with Crippen molar-refractivity contribution in [3.05, 3.63) is 109 Å². The molecule has 2 aliphatic rings. The normalized spacial score (nSPS) is 18.8. The van der Waals surface area contributed by atoms with Gasteiger partial charge in [-0.05, 0) is 187 Å². The van der Waals surface area contributed by atoms with Gasteiger partial charge in [-0.2, -0.15) is 0 Å². The van der Waals surface area contributed by atoms with E-state index in [4.69, 9.17) is 0 Å². The molecule has 0 spiro atoms. The largest absolute Gasteiger partial charge is 4.00 e. The first-order valence-electron chi connectivity index (χ1n) is 17.8. The smallest absolute Gasteiger partial charge is 2.00 e. The SMILES string of the molecule is [O-2].[O-2].[O-]c1ccc(I)cc1CN[C@@H]1CCCC[C@H]1NCc1cc(I)ccc1[O-].[O-]c1ccc(I)cc1CN[C@@H]1CCCC[C@H]1NCc1cc(I)ccc1[O-].[Ti+4].[Ti+4]. The van der Waals surface area contributed by atoms with Gasteiger partial charge in [-0.15, -0.1) is 23.0 Å². The summed E-state index contributed by atoms with van der Waals surface area (Å²) in [5, 5.41) is 62.3. The topological polar surface area (TPSA) is 197 Å². The number of hydrogen-bond donors (Lipinski definition) is 4. The molecule has 296 valence electrons. The molecular weight excluding hydrogens is 1240 g/mol. The summed E-state index contributed by atoms with van der Waals surface area (Å²) < 4.78 is 4.33. The van der Waals surface area contributed by atoms with Crippen molar-refractivity contribution in [3.8, 4) is 23.0 Å². The third kappa shape index (κ3) is 17.3. The summed E-state index contributed by atoms with van der Waals surface area (Å²) in [6, 6.07) is 23.0. The van der Waals surface area contributed by atoms with Crippen LogP contribution in [0.25, 0.3) is 0 Å². The van der Waals surface area contributed by atoms with E-state index in [9.17, 15) is 20.4 Å². The Bertz CT molecular complexity index is 1530. The first kappa shape index (κ1) is 54.2. The number of halogens is 4. The zero-order chi connectivity index (χ0) is 37.0. The maximum atomic E-state index is 12.0. The minimum absolute atomic E-state index is 0. The van der Waals surface area contributed by atoms with Crippen LogP contribution in [0.1, 0.15) is 73.6 Å². The van der Waals surface area contributed by atoms with Crippen molar-refractivity contribution >= 4 is 90.4 Å². The molecule has 4 N–H and O–H groups in total. The van der Waals surface area contributed by atoms with E-state index in [1.165, 1.54) is 25.7 Å². The van der Waals surface area contributed by atoms with Crippen LogP contribution in [-0.4, -0.2) is 24.2 Å². The molecule has 0 aromatic heterocycles. The van der Waals surface area contributed by atoms with E-state index in [0.717, 1.165) is 62.2 Å². The summed E-state index contributed by atoms with van der Waals surface area (Å²) in [6.45, 7) is 2.37. The maximum absolute atomic E-state index is 12.0. The molecule has 2 fully saturated rings. The van der Waals surface area contributed by atoms with Crippen LogP contribution in [0, 0.1) is 14.3 Å². The van der Waals surface area contributed by atoms with Gasteiger partial charge in [0, 0.05) is 64.6 Å². The minimum atomic E-state index is 0. The summed E-state index contributed by atoms with van der Waals surface area (Å²) >= 11 is 8.95. The molecule has 0 bridgehead atoms. The molecule has 0 heterocycles. The molecule has 0 aliphatic heterocycles. The Labute approximate surface area is 415 Å². The molecule has 0 amide bonds. The Balaban J connectivity index is 0.000000523. The molecule has 10 nitrogen and oxygen atoms in total. The van der Waals surface area contributed by atoms with Crippen LogP contribution in [0.15, 0.2) is 72.8 Å². The van der Waals surface area contributed by atoms with E-state index in [1.807, 2.05) is 48.5 Å². The fraction of sp³-hybridized carbons (Fsp3) is 0.400. The number of rotatable bonds is 12. The van der Waals surface area contributed by atoms with Gasteiger partial charge in [-0.3, -0.25) is 0 Å².